The number of hydrogen-bond acceptors (Lipinski definition) is 7. The molecular weight excluding hydrogens is 292 g/mol. The second kappa shape index (κ2) is 6.13. The topological polar surface area (TPSA) is 131 Å². The molecule has 9 nitrogen and oxygen atoms in total. The van der Waals surface area contributed by atoms with Crippen LogP contribution in [0.4, 0.5) is 5.82 Å². The summed E-state index contributed by atoms with van der Waals surface area (Å²) in [4.78, 5) is 23.3. The first-order valence-corrected chi connectivity index (χ1v) is 6.74. The van der Waals surface area contributed by atoms with E-state index >= 15 is 0 Å². The lowest BCUT2D eigenvalue weighted by atomic mass is 9.89. The zero-order valence-corrected chi connectivity index (χ0v) is 12.6. The molecule has 22 heavy (non-hydrogen) atoms. The number of nitrogens with one attached hydrogen (secondary N) is 1. The zero-order valence-electron chi connectivity index (χ0n) is 12.6. The highest BCUT2D eigenvalue weighted by Crippen LogP contribution is 2.43. The van der Waals surface area contributed by atoms with Gasteiger partial charge in [-0.25, -0.2) is 9.79 Å². The van der Waals surface area contributed by atoms with Crippen molar-refractivity contribution < 1.29 is 20.1 Å². The Balaban J connectivity index is 2.46. The monoisotopic (exact) mass is 312 g/mol. The molecular formula is C13H20N4O5. The third kappa shape index (κ3) is 3.02. The molecule has 1 aromatic rings. The molecule has 1 saturated heterocycles. The molecule has 0 radical (unpaired) electrons. The third-order valence-corrected chi connectivity index (χ3v) is 3.48. The molecule has 1 aliphatic heterocycles. The van der Waals surface area contributed by atoms with Gasteiger partial charge < -0.3 is 29.9 Å². The van der Waals surface area contributed by atoms with E-state index in [1.165, 1.54) is 19.5 Å². The Labute approximate surface area is 126 Å². The number of ether oxygens (including phenoxy) is 1. The van der Waals surface area contributed by atoms with Crippen LogP contribution in [0.5, 0.6) is 0 Å². The molecule has 0 saturated carbocycles. The minimum absolute atomic E-state index is 0.0773. The number of rotatable bonds is 4. The molecule has 9 heteroatoms. The number of H-pyrrole nitrogens is 1. The van der Waals surface area contributed by atoms with Gasteiger partial charge in [0.25, 0.3) is 0 Å². The number of aromatic nitrogens is 2. The third-order valence-electron chi connectivity index (χ3n) is 3.48. The van der Waals surface area contributed by atoms with Crippen molar-refractivity contribution in [2.45, 2.75) is 30.8 Å². The van der Waals surface area contributed by atoms with Gasteiger partial charge in [-0.2, -0.15) is 4.98 Å². The normalized spacial score (nSPS) is 31.8. The molecule has 4 atom stereocenters. The Kier molecular flexibility index (Phi) is 4.61. The van der Waals surface area contributed by atoms with E-state index in [9.17, 15) is 20.1 Å². The summed E-state index contributed by atoms with van der Waals surface area (Å²) in [6, 6.07) is 0. The van der Waals surface area contributed by atoms with Crippen LogP contribution in [-0.4, -0.2) is 75.0 Å². The highest BCUT2D eigenvalue weighted by atomic mass is 16.6. The number of aliphatic hydroxyl groups excluding tert-OH is 2. The van der Waals surface area contributed by atoms with E-state index in [-0.39, 0.29) is 5.82 Å². The lowest BCUT2D eigenvalue weighted by Crippen LogP contribution is -2.43. The quantitative estimate of drug-likeness (QED) is 0.394. The SMILES string of the molecule is CN(C)C=Nc1nc(=O)[nH]cc1C1OC(CO)C(O)C1(C)O. The summed E-state index contributed by atoms with van der Waals surface area (Å²) in [5.41, 5.74) is -1.93. The van der Waals surface area contributed by atoms with Crippen LogP contribution in [0, 0.1) is 0 Å². The first kappa shape index (κ1) is 16.6. The molecule has 4 N–H and O–H groups in total. The Morgan fingerprint density at radius 1 is 1.59 bits per heavy atom. The zero-order chi connectivity index (χ0) is 16.5. The molecule has 1 aliphatic rings. The van der Waals surface area contributed by atoms with Gasteiger partial charge in [0.05, 0.1) is 12.9 Å². The van der Waals surface area contributed by atoms with Crippen LogP contribution in [-0.2, 0) is 4.74 Å². The van der Waals surface area contributed by atoms with Crippen molar-refractivity contribution in [1.82, 2.24) is 14.9 Å². The fourth-order valence-corrected chi connectivity index (χ4v) is 2.31. The Morgan fingerprint density at radius 3 is 2.82 bits per heavy atom. The van der Waals surface area contributed by atoms with Crippen LogP contribution in [0.3, 0.4) is 0 Å². The lowest BCUT2D eigenvalue weighted by molar-refractivity contribution is -0.0645. The number of nitrogens with zero attached hydrogens (tertiary/aromatic N) is 3. The summed E-state index contributed by atoms with van der Waals surface area (Å²) in [7, 11) is 3.51. The van der Waals surface area contributed by atoms with Crippen LogP contribution in [0.1, 0.15) is 18.6 Å². The van der Waals surface area contributed by atoms with E-state index in [2.05, 4.69) is 15.0 Å². The van der Waals surface area contributed by atoms with E-state index in [4.69, 9.17) is 4.74 Å². The van der Waals surface area contributed by atoms with Gasteiger partial charge in [0.2, 0.25) is 0 Å². The Bertz CT molecular complexity index is 613. The molecule has 0 bridgehead atoms. The fourth-order valence-electron chi connectivity index (χ4n) is 2.31. The number of aliphatic imine (C=N–C) groups is 1. The number of aromatic amines is 1. The van der Waals surface area contributed by atoms with Crippen molar-refractivity contribution in [3.05, 3.63) is 22.2 Å². The summed E-state index contributed by atoms with van der Waals surface area (Å²) in [6.45, 7) is 0.948. The van der Waals surface area contributed by atoms with Gasteiger partial charge in [-0.1, -0.05) is 0 Å². The maximum Gasteiger partial charge on any atom is 0.346 e. The van der Waals surface area contributed by atoms with Gasteiger partial charge in [0.15, 0.2) is 5.82 Å². The molecule has 0 spiro atoms. The van der Waals surface area contributed by atoms with Crippen LogP contribution < -0.4 is 5.69 Å². The van der Waals surface area contributed by atoms with Crippen LogP contribution in [0.2, 0.25) is 0 Å². The van der Waals surface area contributed by atoms with Crippen molar-refractivity contribution in [2.75, 3.05) is 20.7 Å². The van der Waals surface area contributed by atoms with Gasteiger partial charge >= 0.3 is 5.69 Å². The standard InChI is InChI=1S/C13H20N4O5/c1-13(21)9(19)8(5-18)22-10(13)7-4-14-12(20)16-11(7)15-6-17(2)3/h4,6,8-10,18-19,21H,5H2,1-3H3,(H,14,16,20). The van der Waals surface area contributed by atoms with E-state index in [1.54, 1.807) is 19.0 Å². The maximum absolute atomic E-state index is 11.4. The summed E-state index contributed by atoms with van der Waals surface area (Å²) < 4.78 is 5.51. The van der Waals surface area contributed by atoms with Gasteiger partial charge in [0, 0.05) is 25.9 Å². The molecule has 4 unspecified atom stereocenters. The second-order valence-electron chi connectivity index (χ2n) is 5.60. The van der Waals surface area contributed by atoms with E-state index in [0.29, 0.717) is 5.56 Å². The number of aliphatic hydroxyl groups is 3. The van der Waals surface area contributed by atoms with Crippen LogP contribution in [0.15, 0.2) is 16.0 Å². The summed E-state index contributed by atoms with van der Waals surface area (Å²) in [5, 5.41) is 29.7. The highest BCUT2D eigenvalue weighted by Gasteiger charge is 2.53. The second-order valence-corrected chi connectivity index (χ2v) is 5.60. The van der Waals surface area contributed by atoms with E-state index < -0.39 is 36.2 Å². The summed E-state index contributed by atoms with van der Waals surface area (Å²) in [6.07, 6.45) is -0.408. The fraction of sp³-hybridized carbons (Fsp3) is 0.615. The predicted octanol–water partition coefficient (Wildman–Crippen LogP) is -1.46. The largest absolute Gasteiger partial charge is 0.394 e. The van der Waals surface area contributed by atoms with Gasteiger partial charge in [0.1, 0.15) is 23.9 Å². The predicted molar refractivity (Wildman–Crippen MR) is 78.0 cm³/mol. The van der Waals surface area contributed by atoms with E-state index in [0.717, 1.165) is 0 Å². The molecule has 122 valence electrons. The van der Waals surface area contributed by atoms with Crippen molar-refractivity contribution in [2.24, 2.45) is 4.99 Å². The highest BCUT2D eigenvalue weighted by molar-refractivity contribution is 5.60. The molecule has 1 aromatic heterocycles. The first-order chi connectivity index (χ1) is 10.3. The van der Waals surface area contributed by atoms with Crippen molar-refractivity contribution in [3.8, 4) is 0 Å². The van der Waals surface area contributed by atoms with Crippen LogP contribution in [0.25, 0.3) is 0 Å². The molecule has 0 aromatic carbocycles. The Hall–Kier alpha value is -1.81. The smallest absolute Gasteiger partial charge is 0.346 e. The molecule has 0 aliphatic carbocycles. The van der Waals surface area contributed by atoms with Gasteiger partial charge in [-0.3, -0.25) is 0 Å². The average molecular weight is 312 g/mol. The van der Waals surface area contributed by atoms with Crippen molar-refractivity contribution in [1.29, 1.82) is 0 Å². The van der Waals surface area contributed by atoms with Gasteiger partial charge in [-0.15, -0.1) is 0 Å². The molecule has 2 rings (SSSR count). The molecule has 2 heterocycles. The van der Waals surface area contributed by atoms with Crippen molar-refractivity contribution >= 4 is 12.2 Å². The average Bonchev–Trinajstić information content (AvgIpc) is 2.68. The van der Waals surface area contributed by atoms with Crippen LogP contribution >= 0.6 is 0 Å². The minimum Gasteiger partial charge on any atom is -0.394 e. The number of hydrogen-bond donors (Lipinski definition) is 4. The van der Waals surface area contributed by atoms with E-state index in [1.807, 2.05) is 0 Å². The van der Waals surface area contributed by atoms with Gasteiger partial charge in [-0.05, 0) is 6.92 Å². The maximum atomic E-state index is 11.4. The summed E-state index contributed by atoms with van der Waals surface area (Å²) >= 11 is 0. The minimum atomic E-state index is -1.66. The summed E-state index contributed by atoms with van der Waals surface area (Å²) in [5.74, 6) is 0.0773. The lowest BCUT2D eigenvalue weighted by Gasteiger charge is -2.26. The first-order valence-electron chi connectivity index (χ1n) is 6.74. The Morgan fingerprint density at radius 2 is 2.27 bits per heavy atom. The molecule has 0 amide bonds. The molecule has 1 fully saturated rings. The van der Waals surface area contributed by atoms with Crippen molar-refractivity contribution in [3.63, 3.8) is 0 Å².